The van der Waals surface area contributed by atoms with Gasteiger partial charge >= 0.3 is 0 Å². The van der Waals surface area contributed by atoms with Crippen LogP contribution in [-0.2, 0) is 20.1 Å². The Morgan fingerprint density at radius 3 is 2.89 bits per heavy atom. The van der Waals surface area contributed by atoms with E-state index in [4.69, 9.17) is 0 Å². The lowest BCUT2D eigenvalue weighted by Crippen LogP contribution is -2.21. The van der Waals surface area contributed by atoms with Crippen molar-refractivity contribution in [2.24, 2.45) is 13.0 Å². The molecule has 18 heavy (non-hydrogen) atoms. The van der Waals surface area contributed by atoms with Gasteiger partial charge in [0.15, 0.2) is 0 Å². The second-order valence-electron chi connectivity index (χ2n) is 5.02. The highest BCUT2D eigenvalue weighted by molar-refractivity contribution is 5.05. The Labute approximate surface area is 108 Å². The fourth-order valence-corrected chi connectivity index (χ4v) is 1.85. The van der Waals surface area contributed by atoms with E-state index in [1.54, 1.807) is 0 Å². The normalized spacial score (nSPS) is 11.3. The quantitative estimate of drug-likeness (QED) is 0.839. The topological polar surface area (TPSA) is 47.7 Å². The van der Waals surface area contributed by atoms with Crippen molar-refractivity contribution in [3.05, 3.63) is 36.2 Å². The van der Waals surface area contributed by atoms with Gasteiger partial charge < -0.3 is 9.88 Å². The number of aryl methyl sites for hydroxylation is 1. The van der Waals surface area contributed by atoms with E-state index in [0.29, 0.717) is 5.92 Å². The van der Waals surface area contributed by atoms with Crippen LogP contribution in [0.3, 0.4) is 0 Å². The average molecular weight is 247 g/mol. The minimum Gasteiger partial charge on any atom is -0.327 e. The van der Waals surface area contributed by atoms with E-state index in [9.17, 15) is 0 Å². The number of rotatable bonds is 6. The first kappa shape index (κ1) is 12.8. The standard InChI is InChI=1S/C13H21N5/c1-11(2)6-14-7-13-8-15-10-18(13)9-12-4-5-17(3)16-12/h4-5,8,10-11,14H,6-7,9H2,1-3H3. The zero-order valence-electron chi connectivity index (χ0n) is 11.3. The van der Waals surface area contributed by atoms with Gasteiger partial charge in [-0.25, -0.2) is 4.98 Å². The van der Waals surface area contributed by atoms with E-state index >= 15 is 0 Å². The molecule has 5 nitrogen and oxygen atoms in total. The molecule has 0 saturated carbocycles. The zero-order valence-corrected chi connectivity index (χ0v) is 11.3. The summed E-state index contributed by atoms with van der Waals surface area (Å²) in [5.74, 6) is 0.664. The third-order valence-corrected chi connectivity index (χ3v) is 2.76. The Morgan fingerprint density at radius 1 is 1.39 bits per heavy atom. The summed E-state index contributed by atoms with van der Waals surface area (Å²) in [5.41, 5.74) is 2.25. The lowest BCUT2D eigenvalue weighted by atomic mass is 10.2. The molecule has 0 saturated heterocycles. The summed E-state index contributed by atoms with van der Waals surface area (Å²) in [4.78, 5) is 4.21. The molecule has 0 bridgehead atoms. The lowest BCUT2D eigenvalue weighted by Gasteiger charge is -2.09. The summed E-state index contributed by atoms with van der Waals surface area (Å²) in [5, 5.41) is 7.81. The molecule has 2 aromatic rings. The van der Waals surface area contributed by atoms with Crippen LogP contribution in [0.4, 0.5) is 0 Å². The fourth-order valence-electron chi connectivity index (χ4n) is 1.85. The third-order valence-electron chi connectivity index (χ3n) is 2.76. The molecule has 98 valence electrons. The molecule has 2 aromatic heterocycles. The van der Waals surface area contributed by atoms with Crippen LogP contribution < -0.4 is 5.32 Å². The number of imidazole rings is 1. The molecule has 0 atom stereocenters. The molecule has 5 heteroatoms. The Bertz CT molecular complexity index is 483. The first-order valence-electron chi connectivity index (χ1n) is 6.33. The maximum absolute atomic E-state index is 4.38. The van der Waals surface area contributed by atoms with E-state index in [1.807, 2.05) is 36.5 Å². The van der Waals surface area contributed by atoms with Crippen molar-refractivity contribution in [1.82, 2.24) is 24.6 Å². The number of nitrogens with one attached hydrogen (secondary N) is 1. The van der Waals surface area contributed by atoms with Gasteiger partial charge in [-0.1, -0.05) is 13.8 Å². The summed E-state index contributed by atoms with van der Waals surface area (Å²) < 4.78 is 3.96. The van der Waals surface area contributed by atoms with Gasteiger partial charge in [0.1, 0.15) is 0 Å². The number of aromatic nitrogens is 4. The van der Waals surface area contributed by atoms with Crippen LogP contribution in [0.25, 0.3) is 0 Å². The summed E-state index contributed by atoms with van der Waals surface area (Å²) in [6.45, 7) is 7.07. The molecule has 0 aliphatic rings. The van der Waals surface area contributed by atoms with Crippen LogP contribution in [0.2, 0.25) is 0 Å². The van der Waals surface area contributed by atoms with Crippen LogP contribution in [0.15, 0.2) is 24.8 Å². The molecular weight excluding hydrogens is 226 g/mol. The smallest absolute Gasteiger partial charge is 0.0952 e. The molecule has 1 N–H and O–H groups in total. The van der Waals surface area contributed by atoms with Crippen LogP contribution in [0.1, 0.15) is 25.2 Å². The van der Waals surface area contributed by atoms with E-state index in [0.717, 1.165) is 25.3 Å². The van der Waals surface area contributed by atoms with E-state index in [1.165, 1.54) is 5.69 Å². The van der Waals surface area contributed by atoms with Gasteiger partial charge in [-0.15, -0.1) is 0 Å². The van der Waals surface area contributed by atoms with Crippen molar-refractivity contribution >= 4 is 0 Å². The molecule has 0 amide bonds. The van der Waals surface area contributed by atoms with Crippen molar-refractivity contribution in [1.29, 1.82) is 0 Å². The highest BCUT2D eigenvalue weighted by Crippen LogP contribution is 2.04. The Kier molecular flexibility index (Phi) is 4.15. The summed E-state index contributed by atoms with van der Waals surface area (Å²) in [6, 6.07) is 2.03. The average Bonchev–Trinajstić information content (AvgIpc) is 2.89. The minimum absolute atomic E-state index is 0.664. The number of hydrogen-bond acceptors (Lipinski definition) is 3. The second-order valence-corrected chi connectivity index (χ2v) is 5.02. The van der Waals surface area contributed by atoms with Crippen LogP contribution in [0.5, 0.6) is 0 Å². The van der Waals surface area contributed by atoms with E-state index < -0.39 is 0 Å². The molecule has 0 aromatic carbocycles. The van der Waals surface area contributed by atoms with Crippen LogP contribution in [0, 0.1) is 5.92 Å². The van der Waals surface area contributed by atoms with Gasteiger partial charge in [0, 0.05) is 26.0 Å². The molecule has 0 unspecified atom stereocenters. The number of nitrogens with zero attached hydrogens (tertiary/aromatic N) is 4. The predicted molar refractivity (Wildman–Crippen MR) is 71.1 cm³/mol. The van der Waals surface area contributed by atoms with Gasteiger partial charge in [-0.2, -0.15) is 5.10 Å². The van der Waals surface area contributed by atoms with E-state index in [-0.39, 0.29) is 0 Å². The maximum Gasteiger partial charge on any atom is 0.0952 e. The first-order chi connectivity index (χ1) is 8.65. The molecular formula is C13H21N5. The summed E-state index contributed by atoms with van der Waals surface area (Å²) >= 11 is 0. The molecule has 2 heterocycles. The molecule has 0 radical (unpaired) electrons. The van der Waals surface area contributed by atoms with Crippen molar-refractivity contribution in [2.75, 3.05) is 6.54 Å². The maximum atomic E-state index is 4.38. The summed E-state index contributed by atoms with van der Waals surface area (Å²) in [6.07, 6.45) is 5.74. The van der Waals surface area contributed by atoms with Crippen molar-refractivity contribution in [2.45, 2.75) is 26.9 Å². The van der Waals surface area contributed by atoms with Gasteiger partial charge in [0.05, 0.1) is 24.3 Å². The highest BCUT2D eigenvalue weighted by Gasteiger charge is 2.04. The first-order valence-corrected chi connectivity index (χ1v) is 6.33. The number of hydrogen-bond donors (Lipinski definition) is 1. The zero-order chi connectivity index (χ0) is 13.0. The highest BCUT2D eigenvalue weighted by atomic mass is 15.3. The lowest BCUT2D eigenvalue weighted by molar-refractivity contribution is 0.538. The predicted octanol–water partition coefficient (Wildman–Crippen LogP) is 1.41. The SMILES string of the molecule is CC(C)CNCc1cncn1Cc1ccn(C)n1. The monoisotopic (exact) mass is 247 g/mol. The molecule has 0 aliphatic heterocycles. The molecule has 0 fully saturated rings. The van der Waals surface area contributed by atoms with Crippen molar-refractivity contribution < 1.29 is 0 Å². The Hall–Kier alpha value is -1.62. The minimum atomic E-state index is 0.664. The largest absolute Gasteiger partial charge is 0.327 e. The second kappa shape index (κ2) is 5.82. The molecule has 0 aliphatic carbocycles. The van der Waals surface area contributed by atoms with Gasteiger partial charge in [0.25, 0.3) is 0 Å². The Morgan fingerprint density at radius 2 is 2.22 bits per heavy atom. The van der Waals surface area contributed by atoms with Crippen molar-refractivity contribution in [3.63, 3.8) is 0 Å². The van der Waals surface area contributed by atoms with Gasteiger partial charge in [-0.05, 0) is 18.5 Å². The van der Waals surface area contributed by atoms with Gasteiger partial charge in [-0.3, -0.25) is 4.68 Å². The molecule has 2 rings (SSSR count). The van der Waals surface area contributed by atoms with Crippen molar-refractivity contribution in [3.8, 4) is 0 Å². The summed E-state index contributed by atoms with van der Waals surface area (Å²) in [7, 11) is 1.93. The van der Waals surface area contributed by atoms with Crippen LogP contribution >= 0.6 is 0 Å². The third kappa shape index (κ3) is 3.43. The van der Waals surface area contributed by atoms with Gasteiger partial charge in [0.2, 0.25) is 0 Å². The molecule has 0 spiro atoms. The Balaban J connectivity index is 1.95. The fraction of sp³-hybridized carbons (Fsp3) is 0.538. The van der Waals surface area contributed by atoms with E-state index in [2.05, 4.69) is 33.8 Å². The van der Waals surface area contributed by atoms with Crippen LogP contribution in [-0.4, -0.2) is 25.9 Å².